The van der Waals surface area contributed by atoms with Gasteiger partial charge in [-0.3, -0.25) is 0 Å². The van der Waals surface area contributed by atoms with Gasteiger partial charge < -0.3 is 5.32 Å². The van der Waals surface area contributed by atoms with Crippen molar-refractivity contribution in [3.8, 4) is 0 Å². The van der Waals surface area contributed by atoms with Crippen LogP contribution in [-0.4, -0.2) is 27.0 Å². The summed E-state index contributed by atoms with van der Waals surface area (Å²) in [5, 5.41) is 3.35. The predicted octanol–water partition coefficient (Wildman–Crippen LogP) is 2.76. The molecule has 1 aliphatic rings. The van der Waals surface area contributed by atoms with Crippen LogP contribution in [-0.2, 0) is 16.4 Å². The van der Waals surface area contributed by atoms with Crippen LogP contribution in [0.25, 0.3) is 0 Å². The van der Waals surface area contributed by atoms with E-state index in [0.29, 0.717) is 16.2 Å². The van der Waals surface area contributed by atoms with Crippen LogP contribution < -0.4 is 10.0 Å². The molecule has 0 radical (unpaired) electrons. The Bertz CT molecular complexity index is 552. The summed E-state index contributed by atoms with van der Waals surface area (Å²) in [7, 11) is -3.34. The van der Waals surface area contributed by atoms with E-state index < -0.39 is 10.0 Å². The van der Waals surface area contributed by atoms with Gasteiger partial charge in [-0.15, -0.1) is 11.3 Å². The molecule has 0 saturated heterocycles. The number of nitrogens with one attached hydrogen (secondary N) is 2. The molecule has 0 bridgehead atoms. The summed E-state index contributed by atoms with van der Waals surface area (Å²) >= 11 is 1.39. The lowest BCUT2D eigenvalue weighted by molar-refractivity contribution is 0.540. The molecule has 1 fully saturated rings. The summed E-state index contributed by atoms with van der Waals surface area (Å²) in [4.78, 5) is 1.11. The van der Waals surface area contributed by atoms with Crippen molar-refractivity contribution in [2.75, 3.05) is 6.54 Å². The predicted molar refractivity (Wildman–Crippen MR) is 88.3 cm³/mol. The Morgan fingerprint density at radius 3 is 2.71 bits per heavy atom. The molecule has 1 heterocycles. The molecule has 2 N–H and O–H groups in total. The first kappa shape index (κ1) is 16.9. The van der Waals surface area contributed by atoms with Crippen LogP contribution in [0.2, 0.25) is 0 Å². The van der Waals surface area contributed by atoms with E-state index in [1.807, 2.05) is 6.07 Å². The fourth-order valence-electron chi connectivity index (χ4n) is 2.71. The second kappa shape index (κ2) is 7.22. The third-order valence-electron chi connectivity index (χ3n) is 3.84. The highest BCUT2D eigenvalue weighted by Gasteiger charge is 2.27. The highest BCUT2D eigenvalue weighted by Crippen LogP contribution is 2.28. The Morgan fingerprint density at radius 2 is 2.10 bits per heavy atom. The molecule has 1 saturated carbocycles. The number of hydrogen-bond donors (Lipinski definition) is 2. The van der Waals surface area contributed by atoms with Gasteiger partial charge in [0.05, 0.1) is 0 Å². The zero-order valence-electron chi connectivity index (χ0n) is 13.1. The molecule has 2 unspecified atom stereocenters. The van der Waals surface area contributed by atoms with Crippen LogP contribution in [0.15, 0.2) is 16.3 Å². The van der Waals surface area contributed by atoms with E-state index >= 15 is 0 Å². The fourth-order valence-corrected chi connectivity index (χ4v) is 5.37. The Kier molecular flexibility index (Phi) is 5.82. The van der Waals surface area contributed by atoms with Crippen molar-refractivity contribution in [1.29, 1.82) is 0 Å². The van der Waals surface area contributed by atoms with Crippen LogP contribution in [0.5, 0.6) is 0 Å². The maximum atomic E-state index is 12.4. The summed E-state index contributed by atoms with van der Waals surface area (Å²) in [6.07, 6.45) is 3.90. The Labute approximate surface area is 132 Å². The van der Waals surface area contributed by atoms with Crippen LogP contribution >= 0.6 is 11.3 Å². The summed E-state index contributed by atoms with van der Waals surface area (Å²) in [5.74, 6) is 0.624. The molecule has 0 amide bonds. The third kappa shape index (κ3) is 5.06. The Balaban J connectivity index is 1.92. The first-order valence-electron chi connectivity index (χ1n) is 7.71. The highest BCUT2D eigenvalue weighted by atomic mass is 32.2. The monoisotopic (exact) mass is 330 g/mol. The average Bonchev–Trinajstić information content (AvgIpc) is 2.98. The van der Waals surface area contributed by atoms with E-state index in [2.05, 4.69) is 30.8 Å². The Hall–Kier alpha value is -0.430. The van der Waals surface area contributed by atoms with Crippen molar-refractivity contribution in [3.63, 3.8) is 0 Å². The van der Waals surface area contributed by atoms with Crippen molar-refractivity contribution >= 4 is 21.4 Å². The minimum absolute atomic E-state index is 0.109. The summed E-state index contributed by atoms with van der Waals surface area (Å²) in [5.41, 5.74) is 0. The van der Waals surface area contributed by atoms with E-state index in [9.17, 15) is 8.42 Å². The van der Waals surface area contributed by atoms with Crippen molar-refractivity contribution in [1.82, 2.24) is 10.0 Å². The van der Waals surface area contributed by atoms with Crippen molar-refractivity contribution in [2.24, 2.45) is 5.92 Å². The fraction of sp³-hybridized carbons (Fsp3) is 0.733. The van der Waals surface area contributed by atoms with Crippen molar-refractivity contribution < 1.29 is 8.42 Å². The molecule has 6 heteroatoms. The molecule has 1 aliphatic carbocycles. The van der Waals surface area contributed by atoms with E-state index in [1.165, 1.54) is 11.3 Å². The van der Waals surface area contributed by atoms with Gasteiger partial charge in [0.2, 0.25) is 10.0 Å². The quantitative estimate of drug-likeness (QED) is 0.808. The van der Waals surface area contributed by atoms with Gasteiger partial charge in [0.1, 0.15) is 4.21 Å². The minimum atomic E-state index is -3.34. The largest absolute Gasteiger partial charge is 0.314 e. The lowest BCUT2D eigenvalue weighted by Crippen LogP contribution is -2.32. The van der Waals surface area contributed by atoms with Gasteiger partial charge in [-0.25, -0.2) is 13.1 Å². The molecule has 2 rings (SSSR count). The minimum Gasteiger partial charge on any atom is -0.314 e. The molecule has 0 aromatic carbocycles. The number of rotatable bonds is 7. The summed E-state index contributed by atoms with van der Waals surface area (Å²) < 4.78 is 28.1. The number of thiophene rings is 1. The molecule has 120 valence electrons. The zero-order chi connectivity index (χ0) is 15.5. The number of sulfonamides is 1. The smallest absolute Gasteiger partial charge is 0.250 e. The summed E-state index contributed by atoms with van der Waals surface area (Å²) in [6, 6.07) is 4.23. The van der Waals surface area contributed by atoms with Gasteiger partial charge in [-0.05, 0) is 43.7 Å². The van der Waals surface area contributed by atoms with Crippen molar-refractivity contribution in [3.05, 3.63) is 17.0 Å². The molecule has 0 aliphatic heterocycles. The number of hydrogen-bond acceptors (Lipinski definition) is 4. The molecule has 1 aromatic rings. The van der Waals surface area contributed by atoms with E-state index in [0.717, 1.165) is 37.1 Å². The zero-order valence-corrected chi connectivity index (χ0v) is 14.7. The van der Waals surface area contributed by atoms with Crippen LogP contribution in [0.1, 0.15) is 44.9 Å². The van der Waals surface area contributed by atoms with Gasteiger partial charge in [-0.1, -0.05) is 20.8 Å². The van der Waals surface area contributed by atoms with Gasteiger partial charge in [-0.2, -0.15) is 0 Å². The SMILES string of the molecule is CC1CCC(NS(=O)(=O)c2ccc(CCNC(C)C)s2)C1. The third-order valence-corrected chi connectivity index (χ3v) is 7.00. The van der Waals surface area contributed by atoms with Crippen LogP contribution in [0.4, 0.5) is 0 Å². The summed E-state index contributed by atoms with van der Waals surface area (Å²) in [6.45, 7) is 7.28. The van der Waals surface area contributed by atoms with Crippen LogP contribution in [0, 0.1) is 5.92 Å². The Morgan fingerprint density at radius 1 is 1.33 bits per heavy atom. The molecular formula is C15H26N2O2S2. The van der Waals surface area contributed by atoms with E-state index in [4.69, 9.17) is 0 Å². The van der Waals surface area contributed by atoms with Gasteiger partial charge in [0.25, 0.3) is 0 Å². The lowest BCUT2D eigenvalue weighted by Gasteiger charge is -2.11. The van der Waals surface area contributed by atoms with E-state index in [1.54, 1.807) is 6.07 Å². The maximum absolute atomic E-state index is 12.4. The average molecular weight is 331 g/mol. The molecule has 0 spiro atoms. The lowest BCUT2D eigenvalue weighted by atomic mass is 10.1. The second-order valence-electron chi connectivity index (χ2n) is 6.32. The van der Waals surface area contributed by atoms with Crippen LogP contribution in [0.3, 0.4) is 0 Å². The van der Waals surface area contributed by atoms with Gasteiger partial charge in [0.15, 0.2) is 0 Å². The molecule has 21 heavy (non-hydrogen) atoms. The standard InChI is InChI=1S/C15H26N2O2S2/c1-11(2)16-9-8-14-6-7-15(20-14)21(18,19)17-13-5-4-12(3)10-13/h6-7,11-13,16-17H,4-5,8-10H2,1-3H3. The normalized spacial score (nSPS) is 23.0. The van der Waals surface area contributed by atoms with E-state index in [-0.39, 0.29) is 6.04 Å². The topological polar surface area (TPSA) is 58.2 Å². The van der Waals surface area contributed by atoms with Gasteiger partial charge in [0, 0.05) is 23.5 Å². The second-order valence-corrected chi connectivity index (χ2v) is 9.43. The first-order valence-corrected chi connectivity index (χ1v) is 10.0. The molecule has 2 atom stereocenters. The molecular weight excluding hydrogens is 304 g/mol. The van der Waals surface area contributed by atoms with Crippen molar-refractivity contribution in [2.45, 2.75) is 62.7 Å². The maximum Gasteiger partial charge on any atom is 0.250 e. The highest BCUT2D eigenvalue weighted by molar-refractivity contribution is 7.91. The van der Waals surface area contributed by atoms with Gasteiger partial charge >= 0.3 is 0 Å². The molecule has 1 aromatic heterocycles. The molecule has 4 nitrogen and oxygen atoms in total. The first-order chi connectivity index (χ1) is 9.87.